The number of hydrogen-bond acceptors (Lipinski definition) is 6. The molecule has 1 aliphatic heterocycles. The predicted molar refractivity (Wildman–Crippen MR) is 41.3 cm³/mol. The second-order valence-electron chi connectivity index (χ2n) is 2.11. The maximum absolute atomic E-state index is 10.7. The second kappa shape index (κ2) is 4.42. The highest BCUT2D eigenvalue weighted by molar-refractivity contribution is 5.60. The molecule has 0 amide bonds. The molecule has 0 spiro atoms. The van der Waals surface area contributed by atoms with Gasteiger partial charge in [-0.1, -0.05) is 0 Å². The molecule has 0 unspecified atom stereocenters. The van der Waals surface area contributed by atoms with E-state index in [4.69, 9.17) is 4.74 Å². The monoisotopic (exact) mass is 173 g/mol. The van der Waals surface area contributed by atoms with Crippen LogP contribution in [0.3, 0.4) is 0 Å². The van der Waals surface area contributed by atoms with E-state index in [0.29, 0.717) is 13.3 Å². The van der Waals surface area contributed by atoms with Crippen LogP contribution in [0.5, 0.6) is 0 Å². The molecule has 1 rings (SSSR count). The van der Waals surface area contributed by atoms with Crippen molar-refractivity contribution in [3.8, 4) is 0 Å². The molecule has 0 fully saturated rings. The fraction of sp³-hybridized carbons (Fsp3) is 0.667. The van der Waals surface area contributed by atoms with E-state index in [9.17, 15) is 4.79 Å². The van der Waals surface area contributed by atoms with Gasteiger partial charge < -0.3 is 14.4 Å². The summed E-state index contributed by atoms with van der Waals surface area (Å²) in [4.78, 5) is 12.4. The van der Waals surface area contributed by atoms with Crippen molar-refractivity contribution in [3.05, 3.63) is 0 Å². The third kappa shape index (κ3) is 2.65. The van der Waals surface area contributed by atoms with E-state index in [2.05, 4.69) is 15.3 Å². The van der Waals surface area contributed by atoms with Gasteiger partial charge in [0.1, 0.15) is 13.0 Å². The van der Waals surface area contributed by atoms with Gasteiger partial charge in [-0.25, -0.2) is 4.79 Å². The van der Waals surface area contributed by atoms with Gasteiger partial charge in [0.05, 0.1) is 6.61 Å². The number of ether oxygens (including phenoxy) is 2. The first-order valence-corrected chi connectivity index (χ1v) is 3.62. The lowest BCUT2D eigenvalue weighted by molar-refractivity contribution is 0.0350. The van der Waals surface area contributed by atoms with Crippen LogP contribution in [0.2, 0.25) is 0 Å². The molecule has 0 saturated heterocycles. The van der Waals surface area contributed by atoms with Crippen molar-refractivity contribution in [3.63, 3.8) is 0 Å². The molecule has 1 aliphatic rings. The van der Waals surface area contributed by atoms with Gasteiger partial charge in [0.25, 0.3) is 0 Å². The van der Waals surface area contributed by atoms with E-state index in [1.807, 2.05) is 0 Å². The van der Waals surface area contributed by atoms with Crippen LogP contribution < -0.4 is 5.43 Å². The van der Waals surface area contributed by atoms with Crippen LogP contribution in [0, 0.1) is 0 Å². The van der Waals surface area contributed by atoms with Gasteiger partial charge in [0, 0.05) is 0 Å². The minimum Gasteiger partial charge on any atom is -0.435 e. The summed E-state index contributed by atoms with van der Waals surface area (Å²) in [6.07, 6.45) is 0.900. The number of carbonyl (C=O) groups excluding carboxylic acids is 1. The lowest BCUT2D eigenvalue weighted by Gasteiger charge is -2.12. The van der Waals surface area contributed by atoms with E-state index in [-0.39, 0.29) is 6.73 Å². The highest BCUT2D eigenvalue weighted by atomic mass is 16.7. The maximum Gasteiger partial charge on any atom is 0.509 e. The van der Waals surface area contributed by atoms with E-state index < -0.39 is 6.16 Å². The molecule has 0 saturated carbocycles. The van der Waals surface area contributed by atoms with Crippen LogP contribution in [0.4, 0.5) is 4.79 Å². The molecule has 0 bridgehead atoms. The zero-order valence-electron chi connectivity index (χ0n) is 6.82. The van der Waals surface area contributed by atoms with E-state index in [0.717, 1.165) is 0 Å². The Morgan fingerprint density at radius 2 is 2.58 bits per heavy atom. The summed E-state index contributed by atoms with van der Waals surface area (Å²) < 4.78 is 9.25. The number of nitrogens with one attached hydrogen (secondary N) is 1. The predicted octanol–water partition coefficient (Wildman–Crippen LogP) is -0.0770. The highest BCUT2D eigenvalue weighted by Gasteiger charge is 2.07. The summed E-state index contributed by atoms with van der Waals surface area (Å²) in [6.45, 7) is 2.76. The smallest absolute Gasteiger partial charge is 0.435 e. The molecule has 6 nitrogen and oxygen atoms in total. The van der Waals surface area contributed by atoms with Crippen LogP contribution in [0.25, 0.3) is 0 Å². The van der Waals surface area contributed by atoms with Crippen LogP contribution in [0.15, 0.2) is 5.10 Å². The fourth-order valence-electron chi connectivity index (χ4n) is 0.669. The van der Waals surface area contributed by atoms with Gasteiger partial charge in [0.15, 0.2) is 6.73 Å². The minimum absolute atomic E-state index is 0.162. The Labute approximate surface area is 70.1 Å². The zero-order chi connectivity index (χ0) is 8.81. The standard InChI is InChI=1S/C6H11N3O3/c1-2-11-6(10)12-5-9-3-7-8-4-9/h3,8H,2,4-5H2,1H3. The van der Waals surface area contributed by atoms with E-state index >= 15 is 0 Å². The third-order valence-corrected chi connectivity index (χ3v) is 1.20. The molecule has 0 aliphatic carbocycles. The molecule has 1 heterocycles. The van der Waals surface area contributed by atoms with Crippen molar-refractivity contribution < 1.29 is 14.3 Å². The summed E-state index contributed by atoms with van der Waals surface area (Å²) >= 11 is 0. The minimum atomic E-state index is -0.655. The Morgan fingerprint density at radius 1 is 1.75 bits per heavy atom. The Kier molecular flexibility index (Phi) is 3.18. The highest BCUT2D eigenvalue weighted by Crippen LogP contribution is 1.91. The Balaban J connectivity index is 2.08. The Bertz CT molecular complexity index is 183. The molecule has 68 valence electrons. The lowest BCUT2D eigenvalue weighted by atomic mass is 10.8. The molecule has 0 aromatic heterocycles. The van der Waals surface area contributed by atoms with Gasteiger partial charge in [-0.3, -0.25) is 5.43 Å². The first-order chi connectivity index (χ1) is 5.83. The molecule has 12 heavy (non-hydrogen) atoms. The van der Waals surface area contributed by atoms with Gasteiger partial charge >= 0.3 is 6.16 Å². The van der Waals surface area contributed by atoms with Crippen molar-refractivity contribution in [1.82, 2.24) is 10.3 Å². The average molecular weight is 173 g/mol. The van der Waals surface area contributed by atoms with Gasteiger partial charge in [0.2, 0.25) is 0 Å². The van der Waals surface area contributed by atoms with E-state index in [1.165, 1.54) is 0 Å². The zero-order valence-corrected chi connectivity index (χ0v) is 6.82. The van der Waals surface area contributed by atoms with Gasteiger partial charge in [-0.15, -0.1) is 0 Å². The number of hydrogen-bond donors (Lipinski definition) is 1. The van der Waals surface area contributed by atoms with Crippen LogP contribution >= 0.6 is 0 Å². The summed E-state index contributed by atoms with van der Waals surface area (Å²) in [5.74, 6) is 0. The summed E-state index contributed by atoms with van der Waals surface area (Å²) in [6, 6.07) is 0. The normalized spacial score (nSPS) is 14.2. The Morgan fingerprint density at radius 3 is 3.17 bits per heavy atom. The molecule has 0 atom stereocenters. The SMILES string of the molecule is CCOC(=O)OCN1C=NNC1. The van der Waals surface area contributed by atoms with Crippen LogP contribution in [-0.2, 0) is 9.47 Å². The first-order valence-electron chi connectivity index (χ1n) is 3.62. The number of nitrogens with zero attached hydrogens (tertiary/aromatic N) is 2. The summed E-state index contributed by atoms with van der Waals surface area (Å²) in [5.41, 5.74) is 2.69. The lowest BCUT2D eigenvalue weighted by Crippen LogP contribution is -2.27. The van der Waals surface area contributed by atoms with Crippen LogP contribution in [-0.4, -0.2) is 37.4 Å². The number of rotatable bonds is 3. The average Bonchev–Trinajstić information content (AvgIpc) is 2.53. The number of hydrazone groups is 1. The quantitative estimate of drug-likeness (QED) is 0.605. The summed E-state index contributed by atoms with van der Waals surface area (Å²) in [7, 11) is 0. The molecule has 6 heteroatoms. The second-order valence-corrected chi connectivity index (χ2v) is 2.11. The summed E-state index contributed by atoms with van der Waals surface area (Å²) in [5, 5.41) is 3.71. The molecule has 1 N–H and O–H groups in total. The topological polar surface area (TPSA) is 63.2 Å². The maximum atomic E-state index is 10.7. The van der Waals surface area contributed by atoms with Crippen molar-refractivity contribution in [2.24, 2.45) is 5.10 Å². The molecule has 0 aromatic rings. The molecular formula is C6H11N3O3. The van der Waals surface area contributed by atoms with Crippen molar-refractivity contribution in [2.75, 3.05) is 20.0 Å². The molecule has 0 radical (unpaired) electrons. The van der Waals surface area contributed by atoms with Crippen LogP contribution in [0.1, 0.15) is 6.92 Å². The largest absolute Gasteiger partial charge is 0.509 e. The molecular weight excluding hydrogens is 162 g/mol. The third-order valence-electron chi connectivity index (χ3n) is 1.20. The molecule has 0 aromatic carbocycles. The van der Waals surface area contributed by atoms with Gasteiger partial charge in [-0.2, -0.15) is 5.10 Å². The number of carbonyl (C=O) groups is 1. The van der Waals surface area contributed by atoms with Crippen molar-refractivity contribution >= 4 is 12.5 Å². The van der Waals surface area contributed by atoms with E-state index in [1.54, 1.807) is 18.2 Å². The van der Waals surface area contributed by atoms with Crippen molar-refractivity contribution in [2.45, 2.75) is 6.92 Å². The van der Waals surface area contributed by atoms with Gasteiger partial charge in [-0.05, 0) is 6.92 Å². The first kappa shape index (κ1) is 8.63. The Hall–Kier alpha value is -1.46. The fourth-order valence-corrected chi connectivity index (χ4v) is 0.669. The van der Waals surface area contributed by atoms with Crippen molar-refractivity contribution in [1.29, 1.82) is 0 Å².